The third-order valence-corrected chi connectivity index (χ3v) is 5.84. The highest BCUT2D eigenvalue weighted by Gasteiger charge is 2.40. The highest BCUT2D eigenvalue weighted by atomic mass is 28.3. The average molecular weight is 308 g/mol. The maximum atomic E-state index is 10.5. The zero-order valence-electron chi connectivity index (χ0n) is 13.9. The van der Waals surface area contributed by atoms with Gasteiger partial charge in [-0.15, -0.1) is 0 Å². The molecule has 0 aromatic rings. The van der Waals surface area contributed by atoms with Crippen molar-refractivity contribution in [2.45, 2.75) is 71.0 Å². The lowest BCUT2D eigenvalue weighted by Crippen LogP contribution is -2.51. The van der Waals surface area contributed by atoms with Crippen molar-refractivity contribution >= 4 is 8.07 Å². The van der Waals surface area contributed by atoms with Gasteiger partial charge in [-0.05, 0) is 39.3 Å². The Morgan fingerprint density at radius 3 is 1.85 bits per heavy atom. The number of hydrogen-bond acceptors (Lipinski definition) is 5. The second kappa shape index (κ2) is 9.12. The molecule has 0 aliphatic heterocycles. The Kier molecular flexibility index (Phi) is 9.13. The molecule has 0 saturated heterocycles. The van der Waals surface area contributed by atoms with Crippen LogP contribution < -0.4 is 5.73 Å². The van der Waals surface area contributed by atoms with Crippen molar-refractivity contribution in [2.75, 3.05) is 19.8 Å². The van der Waals surface area contributed by atoms with Crippen molar-refractivity contribution in [3.63, 3.8) is 0 Å². The topological polar surface area (TPSA) is 73.9 Å². The van der Waals surface area contributed by atoms with Crippen LogP contribution in [0.5, 0.6) is 0 Å². The lowest BCUT2D eigenvalue weighted by Gasteiger charge is -2.35. The molecule has 0 heterocycles. The molecule has 0 fully saturated rings. The smallest absolute Gasteiger partial charge is 0.308 e. The molecule has 0 bridgehead atoms. The number of rotatable bonds is 11. The Labute approximate surface area is 124 Å². The molecule has 0 saturated carbocycles. The van der Waals surface area contributed by atoms with Crippen LogP contribution in [-0.4, -0.2) is 50.7 Å². The van der Waals surface area contributed by atoms with E-state index in [9.17, 15) is 5.11 Å². The molecule has 0 amide bonds. The van der Waals surface area contributed by atoms with Gasteiger partial charge in [-0.2, -0.15) is 0 Å². The first-order chi connectivity index (χ1) is 9.21. The summed E-state index contributed by atoms with van der Waals surface area (Å²) in [6, 6.07) is 0. The zero-order chi connectivity index (χ0) is 15.8. The van der Waals surface area contributed by atoms with Gasteiger partial charge in [0.1, 0.15) is 6.10 Å². The molecule has 2 unspecified atom stereocenters. The summed E-state index contributed by atoms with van der Waals surface area (Å²) in [5.74, 6) is -1.68. The van der Waals surface area contributed by atoms with Crippen LogP contribution in [0.4, 0.5) is 0 Å². The van der Waals surface area contributed by atoms with E-state index in [2.05, 4.69) is 19.6 Å². The van der Waals surface area contributed by atoms with Crippen LogP contribution in [0.2, 0.25) is 19.6 Å². The number of hydrogen-bond donors (Lipinski definition) is 2. The average Bonchev–Trinajstić information content (AvgIpc) is 2.33. The van der Waals surface area contributed by atoms with E-state index >= 15 is 0 Å². The van der Waals surface area contributed by atoms with Gasteiger partial charge in [0.15, 0.2) is 0 Å². The van der Waals surface area contributed by atoms with Gasteiger partial charge in [-0.1, -0.05) is 19.6 Å². The van der Waals surface area contributed by atoms with Crippen LogP contribution in [0.15, 0.2) is 0 Å². The second-order valence-corrected chi connectivity index (χ2v) is 11.5. The minimum absolute atomic E-state index is 0.165. The van der Waals surface area contributed by atoms with E-state index < -0.39 is 20.2 Å². The van der Waals surface area contributed by atoms with Crippen LogP contribution in [0.3, 0.4) is 0 Å². The molecule has 122 valence electrons. The summed E-state index contributed by atoms with van der Waals surface area (Å²) in [5.41, 5.74) is 6.39. The molecule has 0 aromatic carbocycles. The van der Waals surface area contributed by atoms with Gasteiger partial charge in [0.2, 0.25) is 0 Å². The maximum absolute atomic E-state index is 10.5. The summed E-state index contributed by atoms with van der Waals surface area (Å²) < 4.78 is 16.4. The molecule has 5 nitrogen and oxygen atoms in total. The summed E-state index contributed by atoms with van der Waals surface area (Å²) in [5, 5.41) is 10.5. The van der Waals surface area contributed by atoms with Crippen LogP contribution in [0.25, 0.3) is 0 Å². The molecule has 6 heteroatoms. The van der Waals surface area contributed by atoms with Crippen molar-refractivity contribution in [3.8, 4) is 0 Å². The van der Waals surface area contributed by atoms with Gasteiger partial charge in [0.05, 0.1) is 8.07 Å². The number of ether oxygens (including phenoxy) is 3. The molecular weight excluding hydrogens is 274 g/mol. The summed E-state index contributed by atoms with van der Waals surface area (Å²) in [6.07, 6.45) is 0.897. The van der Waals surface area contributed by atoms with Gasteiger partial charge in [-0.25, -0.2) is 0 Å². The molecule has 0 rings (SSSR count). The zero-order valence-corrected chi connectivity index (χ0v) is 14.9. The molecule has 2 atom stereocenters. The van der Waals surface area contributed by atoms with Gasteiger partial charge in [0, 0.05) is 19.8 Å². The Morgan fingerprint density at radius 2 is 1.50 bits per heavy atom. The van der Waals surface area contributed by atoms with Crippen LogP contribution in [0, 0.1) is 0 Å². The monoisotopic (exact) mass is 307 g/mol. The Morgan fingerprint density at radius 1 is 1.00 bits per heavy atom. The van der Waals surface area contributed by atoms with Crippen molar-refractivity contribution in [1.29, 1.82) is 0 Å². The lowest BCUT2D eigenvalue weighted by atomic mass is 10.1. The number of aliphatic hydroxyl groups is 1. The second-order valence-electron chi connectivity index (χ2n) is 5.99. The van der Waals surface area contributed by atoms with Crippen molar-refractivity contribution in [1.82, 2.24) is 0 Å². The van der Waals surface area contributed by atoms with Crippen LogP contribution in [0.1, 0.15) is 33.6 Å². The van der Waals surface area contributed by atoms with Gasteiger partial charge >= 0.3 is 5.97 Å². The normalized spacial score (nSPS) is 16.2. The third kappa shape index (κ3) is 6.65. The first kappa shape index (κ1) is 20.0. The van der Waals surface area contributed by atoms with E-state index in [1.807, 2.05) is 20.8 Å². The van der Waals surface area contributed by atoms with Gasteiger partial charge < -0.3 is 25.1 Å². The van der Waals surface area contributed by atoms with Crippen LogP contribution in [-0.2, 0) is 14.2 Å². The standard InChI is InChI=1S/C14H33NO4Si/c1-7-17-12(10-11-13(15)20(4,5)6)14(16,18-8-2)19-9-3/h12-13,16H,7-11,15H2,1-6H3. The highest BCUT2D eigenvalue weighted by Crippen LogP contribution is 2.24. The molecule has 0 aromatic heterocycles. The molecule has 3 N–H and O–H groups in total. The van der Waals surface area contributed by atoms with Gasteiger partial charge in [0.25, 0.3) is 0 Å². The van der Waals surface area contributed by atoms with E-state index in [1.165, 1.54) is 0 Å². The number of nitrogens with two attached hydrogens (primary N) is 1. The highest BCUT2D eigenvalue weighted by molar-refractivity contribution is 6.77. The first-order valence-corrected chi connectivity index (χ1v) is 11.2. The first-order valence-electron chi connectivity index (χ1n) is 7.58. The molecular formula is C14H33NO4Si. The Hall–Kier alpha value is 0.0169. The molecule has 0 radical (unpaired) electrons. The van der Waals surface area contributed by atoms with E-state index in [4.69, 9.17) is 19.9 Å². The fraction of sp³-hybridized carbons (Fsp3) is 1.00. The largest absolute Gasteiger partial charge is 0.370 e. The minimum Gasteiger partial charge on any atom is -0.370 e. The maximum Gasteiger partial charge on any atom is 0.308 e. The SMILES string of the molecule is CCOC(CCC(N)[Si](C)(C)C)C(O)(OCC)OCC. The van der Waals surface area contributed by atoms with Crippen molar-refractivity contribution < 1.29 is 19.3 Å². The van der Waals surface area contributed by atoms with E-state index in [-0.39, 0.29) is 5.67 Å². The predicted octanol–water partition coefficient (Wildman–Crippen LogP) is 2.10. The third-order valence-electron chi connectivity index (χ3n) is 3.33. The quantitative estimate of drug-likeness (QED) is 0.452. The molecule has 0 aliphatic rings. The van der Waals surface area contributed by atoms with Gasteiger partial charge in [-0.3, -0.25) is 0 Å². The molecule has 20 heavy (non-hydrogen) atoms. The van der Waals surface area contributed by atoms with Crippen molar-refractivity contribution in [3.05, 3.63) is 0 Å². The van der Waals surface area contributed by atoms with E-state index in [0.717, 1.165) is 6.42 Å². The molecule has 0 aliphatic carbocycles. The summed E-state index contributed by atoms with van der Waals surface area (Å²) in [6.45, 7) is 13.5. The summed E-state index contributed by atoms with van der Waals surface area (Å²) in [7, 11) is -1.39. The molecule has 0 spiro atoms. The minimum atomic E-state index is -1.68. The Balaban J connectivity index is 4.75. The fourth-order valence-electron chi connectivity index (χ4n) is 1.98. The Bertz CT molecular complexity index is 252. The van der Waals surface area contributed by atoms with Crippen LogP contribution >= 0.6 is 0 Å². The lowest BCUT2D eigenvalue weighted by molar-refractivity contribution is -0.398. The predicted molar refractivity (Wildman–Crippen MR) is 84.2 cm³/mol. The van der Waals surface area contributed by atoms with E-state index in [0.29, 0.717) is 26.2 Å². The van der Waals surface area contributed by atoms with Crippen molar-refractivity contribution in [2.24, 2.45) is 5.73 Å². The summed E-state index contributed by atoms with van der Waals surface area (Å²) in [4.78, 5) is 0. The summed E-state index contributed by atoms with van der Waals surface area (Å²) >= 11 is 0. The fourth-order valence-corrected chi connectivity index (χ4v) is 3.01. The van der Waals surface area contributed by atoms with E-state index in [1.54, 1.807) is 0 Å².